The highest BCUT2D eigenvalue weighted by molar-refractivity contribution is 7.84. The van der Waals surface area contributed by atoms with E-state index in [4.69, 9.17) is 4.42 Å². The normalized spacial score (nSPS) is 12.5. The van der Waals surface area contributed by atoms with Gasteiger partial charge in [0.15, 0.2) is 0 Å². The number of benzene rings is 2. The largest absolute Gasteiger partial charge is 0.441 e. The average molecular weight is 337 g/mol. The van der Waals surface area contributed by atoms with Crippen LogP contribution in [-0.2, 0) is 16.6 Å². The minimum atomic E-state index is -1.01. The SMILES string of the molecule is Cc1oc(-c2ccccc2)nc1CS(=O)CC=Cc1ccccc1. The summed E-state index contributed by atoms with van der Waals surface area (Å²) in [6.07, 6.45) is 3.93. The average Bonchev–Trinajstić information content (AvgIpc) is 2.97. The Morgan fingerprint density at radius 3 is 2.42 bits per heavy atom. The zero-order valence-corrected chi connectivity index (χ0v) is 14.3. The third-order valence-electron chi connectivity index (χ3n) is 3.60. The van der Waals surface area contributed by atoms with Crippen molar-refractivity contribution in [2.45, 2.75) is 12.7 Å². The van der Waals surface area contributed by atoms with E-state index in [2.05, 4.69) is 4.98 Å². The van der Waals surface area contributed by atoms with Gasteiger partial charge in [0.2, 0.25) is 5.89 Å². The molecule has 0 aliphatic heterocycles. The van der Waals surface area contributed by atoms with E-state index in [0.29, 0.717) is 17.4 Å². The molecule has 24 heavy (non-hydrogen) atoms. The first kappa shape index (κ1) is 16.4. The van der Waals surface area contributed by atoms with Crippen LogP contribution >= 0.6 is 0 Å². The summed E-state index contributed by atoms with van der Waals surface area (Å²) >= 11 is 0. The molecule has 0 saturated carbocycles. The van der Waals surface area contributed by atoms with E-state index in [9.17, 15) is 4.21 Å². The summed E-state index contributed by atoms with van der Waals surface area (Å²) < 4.78 is 18.0. The molecule has 0 amide bonds. The monoisotopic (exact) mass is 337 g/mol. The number of hydrogen-bond acceptors (Lipinski definition) is 3. The van der Waals surface area contributed by atoms with Gasteiger partial charge in [0, 0.05) is 22.1 Å². The molecule has 2 aromatic carbocycles. The molecule has 1 atom stereocenters. The number of oxazole rings is 1. The molecule has 0 N–H and O–H groups in total. The first-order valence-corrected chi connectivity index (χ1v) is 9.29. The van der Waals surface area contributed by atoms with Crippen molar-refractivity contribution in [3.05, 3.63) is 83.8 Å². The molecule has 0 saturated heterocycles. The van der Waals surface area contributed by atoms with Crippen LogP contribution < -0.4 is 0 Å². The number of hydrogen-bond donors (Lipinski definition) is 0. The van der Waals surface area contributed by atoms with Crippen molar-refractivity contribution in [3.63, 3.8) is 0 Å². The van der Waals surface area contributed by atoms with E-state index >= 15 is 0 Å². The van der Waals surface area contributed by atoms with Gasteiger partial charge in [-0.05, 0) is 24.6 Å². The fourth-order valence-electron chi connectivity index (χ4n) is 2.33. The summed E-state index contributed by atoms with van der Waals surface area (Å²) in [7, 11) is -1.01. The van der Waals surface area contributed by atoms with E-state index in [-0.39, 0.29) is 0 Å². The first-order chi connectivity index (χ1) is 11.7. The molecule has 122 valence electrons. The Kier molecular flexibility index (Phi) is 5.39. The predicted molar refractivity (Wildman–Crippen MR) is 98.9 cm³/mol. The second-order valence-corrected chi connectivity index (χ2v) is 6.95. The molecule has 3 aromatic rings. The fourth-order valence-corrected chi connectivity index (χ4v) is 3.33. The summed E-state index contributed by atoms with van der Waals surface area (Å²) in [6, 6.07) is 19.7. The van der Waals surface area contributed by atoms with Crippen LogP contribution in [0.5, 0.6) is 0 Å². The Hall–Kier alpha value is -2.46. The van der Waals surface area contributed by atoms with Gasteiger partial charge in [0.1, 0.15) is 5.76 Å². The summed E-state index contributed by atoms with van der Waals surface area (Å²) in [5.41, 5.74) is 2.81. The lowest BCUT2D eigenvalue weighted by Gasteiger charge is -1.96. The van der Waals surface area contributed by atoms with Crippen LogP contribution in [0.2, 0.25) is 0 Å². The number of nitrogens with zero attached hydrogens (tertiary/aromatic N) is 1. The lowest BCUT2D eigenvalue weighted by atomic mass is 10.2. The first-order valence-electron chi connectivity index (χ1n) is 7.80. The molecule has 0 spiro atoms. The fraction of sp³-hybridized carbons (Fsp3) is 0.150. The molecular weight excluding hydrogens is 318 g/mol. The molecule has 1 unspecified atom stereocenters. The highest BCUT2D eigenvalue weighted by Gasteiger charge is 2.13. The molecule has 0 aliphatic carbocycles. The van der Waals surface area contributed by atoms with E-state index in [0.717, 1.165) is 22.6 Å². The van der Waals surface area contributed by atoms with Gasteiger partial charge in [-0.3, -0.25) is 4.21 Å². The van der Waals surface area contributed by atoms with Gasteiger partial charge in [-0.15, -0.1) is 0 Å². The van der Waals surface area contributed by atoms with Crippen molar-refractivity contribution in [3.8, 4) is 11.5 Å². The minimum absolute atomic E-state index is 0.404. The highest BCUT2D eigenvalue weighted by atomic mass is 32.2. The molecule has 0 radical (unpaired) electrons. The van der Waals surface area contributed by atoms with Crippen molar-refractivity contribution in [2.24, 2.45) is 0 Å². The maximum Gasteiger partial charge on any atom is 0.226 e. The van der Waals surface area contributed by atoms with Crippen LogP contribution in [0.15, 0.2) is 71.2 Å². The lowest BCUT2D eigenvalue weighted by Crippen LogP contribution is -2.00. The van der Waals surface area contributed by atoms with E-state index in [1.165, 1.54) is 0 Å². The summed E-state index contributed by atoms with van der Waals surface area (Å²) in [4.78, 5) is 4.50. The predicted octanol–water partition coefficient (Wildman–Crippen LogP) is 4.61. The molecule has 0 bridgehead atoms. The topological polar surface area (TPSA) is 43.1 Å². The Bertz CT molecular complexity index is 839. The van der Waals surface area contributed by atoms with Gasteiger partial charge in [-0.25, -0.2) is 4.98 Å². The van der Waals surface area contributed by atoms with Crippen LogP contribution in [0, 0.1) is 6.92 Å². The summed E-state index contributed by atoms with van der Waals surface area (Å²) in [6.45, 7) is 1.87. The second kappa shape index (κ2) is 7.88. The molecule has 0 aliphatic rings. The Balaban J connectivity index is 1.63. The van der Waals surface area contributed by atoms with Crippen molar-refractivity contribution >= 4 is 16.9 Å². The van der Waals surface area contributed by atoms with E-state index < -0.39 is 10.8 Å². The van der Waals surface area contributed by atoms with Crippen molar-refractivity contribution in [2.75, 3.05) is 5.75 Å². The lowest BCUT2D eigenvalue weighted by molar-refractivity contribution is 0.540. The molecule has 0 fully saturated rings. The van der Waals surface area contributed by atoms with Crippen LogP contribution in [0.3, 0.4) is 0 Å². The van der Waals surface area contributed by atoms with Gasteiger partial charge >= 0.3 is 0 Å². The number of aromatic nitrogens is 1. The Labute approximate surface area is 144 Å². The Morgan fingerprint density at radius 2 is 1.71 bits per heavy atom. The number of rotatable bonds is 6. The van der Waals surface area contributed by atoms with Gasteiger partial charge in [-0.1, -0.05) is 60.7 Å². The molecule has 4 heteroatoms. The van der Waals surface area contributed by atoms with Crippen molar-refractivity contribution in [1.82, 2.24) is 4.98 Å². The van der Waals surface area contributed by atoms with Gasteiger partial charge < -0.3 is 4.42 Å². The standard InChI is InChI=1S/C20H19NO2S/c1-16-19(21-20(23-16)18-12-6-3-7-13-18)15-24(22)14-8-11-17-9-4-2-5-10-17/h2-13H,14-15H2,1H3. The van der Waals surface area contributed by atoms with Crippen LogP contribution in [-0.4, -0.2) is 14.9 Å². The zero-order chi connectivity index (χ0) is 16.8. The van der Waals surface area contributed by atoms with Gasteiger partial charge in [0.05, 0.1) is 11.4 Å². The maximum atomic E-state index is 12.3. The van der Waals surface area contributed by atoms with Crippen LogP contribution in [0.25, 0.3) is 17.5 Å². The second-order valence-electron chi connectivity index (χ2n) is 5.45. The smallest absolute Gasteiger partial charge is 0.226 e. The zero-order valence-electron chi connectivity index (χ0n) is 13.5. The molecule has 1 aromatic heterocycles. The molecule has 1 heterocycles. The van der Waals surface area contributed by atoms with Crippen LogP contribution in [0.1, 0.15) is 17.0 Å². The molecule has 3 nitrogen and oxygen atoms in total. The minimum Gasteiger partial charge on any atom is -0.441 e. The quantitative estimate of drug-likeness (QED) is 0.659. The van der Waals surface area contributed by atoms with Crippen LogP contribution in [0.4, 0.5) is 0 Å². The van der Waals surface area contributed by atoms with Crippen molar-refractivity contribution in [1.29, 1.82) is 0 Å². The van der Waals surface area contributed by atoms with Gasteiger partial charge in [0.25, 0.3) is 0 Å². The maximum absolute atomic E-state index is 12.3. The molecule has 3 rings (SSSR count). The summed E-state index contributed by atoms with van der Waals surface area (Å²) in [5, 5.41) is 0. The van der Waals surface area contributed by atoms with Crippen molar-refractivity contribution < 1.29 is 8.63 Å². The summed E-state index contributed by atoms with van der Waals surface area (Å²) in [5.74, 6) is 2.22. The highest BCUT2D eigenvalue weighted by Crippen LogP contribution is 2.22. The van der Waals surface area contributed by atoms with E-state index in [1.807, 2.05) is 79.7 Å². The number of aryl methyl sites for hydroxylation is 1. The molecular formula is C20H19NO2S. The third kappa shape index (κ3) is 4.30. The third-order valence-corrected chi connectivity index (χ3v) is 4.76. The van der Waals surface area contributed by atoms with E-state index in [1.54, 1.807) is 0 Å². The van der Waals surface area contributed by atoms with Gasteiger partial charge in [-0.2, -0.15) is 0 Å². The Morgan fingerprint density at radius 1 is 1.04 bits per heavy atom.